The standard InChI is InChI=1S/C30H35NO9/c1-18(16-20-10-5-3-6-11-20)22(40-19(2)32)14-9-15-31(17-21-12-7-4-8-13-21)27(33)23-24(28(34)35)26(30(38)39)25(23)29(36)37/h3-8,10-13,18,22-26H,9,14-17H2,1-2H3,(H,34,35)(H,36,37)(H,38,39)/t18-,22-,23-,24-,25-,26-/m0/s1. The van der Waals surface area contributed by atoms with Crippen molar-refractivity contribution < 1.29 is 44.0 Å². The Morgan fingerprint density at radius 1 is 0.775 bits per heavy atom. The van der Waals surface area contributed by atoms with Crippen molar-refractivity contribution in [3.63, 3.8) is 0 Å². The number of rotatable bonds is 14. The lowest BCUT2D eigenvalue weighted by Crippen LogP contribution is -2.62. The number of nitrogens with zero attached hydrogens (tertiary/aromatic N) is 1. The van der Waals surface area contributed by atoms with Gasteiger partial charge in [-0.1, -0.05) is 67.6 Å². The number of carboxylic acids is 3. The summed E-state index contributed by atoms with van der Waals surface area (Å²) >= 11 is 0. The number of carboxylic acid groups (broad SMARTS) is 3. The van der Waals surface area contributed by atoms with E-state index in [-0.39, 0.29) is 19.0 Å². The van der Waals surface area contributed by atoms with E-state index < -0.39 is 59.6 Å². The number of hydrogen-bond donors (Lipinski definition) is 3. The highest BCUT2D eigenvalue weighted by Gasteiger charge is 2.64. The highest BCUT2D eigenvalue weighted by Crippen LogP contribution is 2.48. The second-order valence-corrected chi connectivity index (χ2v) is 10.3. The zero-order valence-corrected chi connectivity index (χ0v) is 22.5. The van der Waals surface area contributed by atoms with E-state index in [0.717, 1.165) is 11.1 Å². The van der Waals surface area contributed by atoms with E-state index in [0.29, 0.717) is 19.3 Å². The number of aliphatic carboxylic acids is 3. The molecule has 0 heterocycles. The van der Waals surface area contributed by atoms with E-state index in [4.69, 9.17) is 4.74 Å². The van der Waals surface area contributed by atoms with Crippen molar-refractivity contribution in [1.82, 2.24) is 4.90 Å². The third-order valence-electron chi connectivity index (χ3n) is 7.49. The van der Waals surface area contributed by atoms with Crippen LogP contribution in [-0.4, -0.2) is 62.7 Å². The molecular formula is C30H35NO9. The zero-order chi connectivity index (χ0) is 29.4. The molecule has 3 rings (SSSR count). The third kappa shape index (κ3) is 7.46. The Morgan fingerprint density at radius 2 is 1.25 bits per heavy atom. The Kier molecular flexibility index (Phi) is 10.4. The maximum atomic E-state index is 13.7. The van der Waals surface area contributed by atoms with Crippen LogP contribution in [0.25, 0.3) is 0 Å². The largest absolute Gasteiger partial charge is 0.481 e. The fraction of sp³-hybridized carbons (Fsp3) is 0.433. The average Bonchev–Trinajstić information content (AvgIpc) is 2.87. The molecule has 1 fully saturated rings. The molecule has 10 nitrogen and oxygen atoms in total. The van der Waals surface area contributed by atoms with Gasteiger partial charge in [-0.25, -0.2) is 0 Å². The number of carbonyl (C=O) groups excluding carboxylic acids is 2. The molecule has 1 aliphatic carbocycles. The van der Waals surface area contributed by atoms with Crippen LogP contribution in [-0.2, 0) is 41.7 Å². The number of hydrogen-bond acceptors (Lipinski definition) is 6. The predicted octanol–water partition coefficient (Wildman–Crippen LogP) is 3.34. The first-order chi connectivity index (χ1) is 19.0. The summed E-state index contributed by atoms with van der Waals surface area (Å²) in [5.41, 5.74) is 1.84. The summed E-state index contributed by atoms with van der Waals surface area (Å²) in [5.74, 6) is -12.3. The van der Waals surface area contributed by atoms with Crippen LogP contribution in [0, 0.1) is 29.6 Å². The second kappa shape index (κ2) is 13.7. The van der Waals surface area contributed by atoms with Crippen molar-refractivity contribution in [3.05, 3.63) is 71.8 Å². The number of amides is 1. The summed E-state index contributed by atoms with van der Waals surface area (Å²) in [4.78, 5) is 62.4. The Labute approximate surface area is 232 Å². The molecule has 2 aromatic carbocycles. The summed E-state index contributed by atoms with van der Waals surface area (Å²) in [6, 6.07) is 18.7. The lowest BCUT2D eigenvalue weighted by molar-refractivity contribution is -0.189. The molecule has 0 bridgehead atoms. The predicted molar refractivity (Wildman–Crippen MR) is 143 cm³/mol. The lowest BCUT2D eigenvalue weighted by atomic mass is 9.56. The number of benzene rings is 2. The molecule has 214 valence electrons. The summed E-state index contributed by atoms with van der Waals surface area (Å²) in [7, 11) is 0. The first-order valence-electron chi connectivity index (χ1n) is 13.2. The van der Waals surface area contributed by atoms with Crippen LogP contribution in [0.2, 0.25) is 0 Å². The highest BCUT2D eigenvalue weighted by molar-refractivity contribution is 5.98. The fourth-order valence-electron chi connectivity index (χ4n) is 5.53. The summed E-state index contributed by atoms with van der Waals surface area (Å²) < 4.78 is 5.60. The fourth-order valence-corrected chi connectivity index (χ4v) is 5.53. The third-order valence-corrected chi connectivity index (χ3v) is 7.49. The van der Waals surface area contributed by atoms with Gasteiger partial charge in [0, 0.05) is 20.0 Å². The molecule has 2 aromatic rings. The van der Waals surface area contributed by atoms with Gasteiger partial charge in [-0.2, -0.15) is 0 Å². The highest BCUT2D eigenvalue weighted by atomic mass is 16.5. The quantitative estimate of drug-likeness (QED) is 0.298. The molecule has 10 heteroatoms. The maximum absolute atomic E-state index is 13.7. The second-order valence-electron chi connectivity index (χ2n) is 10.3. The molecule has 0 aromatic heterocycles. The van der Waals surface area contributed by atoms with Gasteiger partial charge < -0.3 is 25.0 Å². The van der Waals surface area contributed by atoms with E-state index in [1.165, 1.54) is 11.8 Å². The van der Waals surface area contributed by atoms with E-state index in [9.17, 15) is 39.3 Å². The minimum Gasteiger partial charge on any atom is -0.481 e. The smallest absolute Gasteiger partial charge is 0.308 e. The molecule has 1 aliphatic rings. The van der Waals surface area contributed by atoms with Crippen molar-refractivity contribution in [2.45, 2.75) is 45.8 Å². The van der Waals surface area contributed by atoms with Gasteiger partial charge in [-0.05, 0) is 36.3 Å². The average molecular weight is 554 g/mol. The summed E-state index contributed by atoms with van der Waals surface area (Å²) in [5, 5.41) is 28.8. The first-order valence-corrected chi connectivity index (χ1v) is 13.2. The molecule has 0 unspecified atom stereocenters. The SMILES string of the molecule is CC(=O)O[C@@H](CCCN(Cc1ccccc1)C(=O)[C@H]1[C@H](C(=O)O)[C@H](C(=O)O)[C@H]1C(=O)O)[C@@H](C)Cc1ccccc1. The summed E-state index contributed by atoms with van der Waals surface area (Å²) in [6.45, 7) is 3.53. The van der Waals surface area contributed by atoms with Crippen molar-refractivity contribution in [2.24, 2.45) is 29.6 Å². The van der Waals surface area contributed by atoms with Crippen LogP contribution in [0.3, 0.4) is 0 Å². The van der Waals surface area contributed by atoms with Gasteiger partial charge in [-0.15, -0.1) is 0 Å². The van der Waals surface area contributed by atoms with Gasteiger partial charge in [0.15, 0.2) is 0 Å². The van der Waals surface area contributed by atoms with Gasteiger partial charge in [0.25, 0.3) is 0 Å². The van der Waals surface area contributed by atoms with Crippen molar-refractivity contribution in [2.75, 3.05) is 6.54 Å². The Balaban J connectivity index is 1.79. The van der Waals surface area contributed by atoms with Crippen molar-refractivity contribution >= 4 is 29.8 Å². The molecule has 3 N–H and O–H groups in total. The Hall–Kier alpha value is -4.21. The lowest BCUT2D eigenvalue weighted by Gasteiger charge is -2.45. The van der Waals surface area contributed by atoms with Gasteiger partial charge in [0.05, 0.1) is 23.7 Å². The molecule has 4 atom stereocenters. The molecule has 0 saturated heterocycles. The molecule has 1 saturated carbocycles. The molecular weight excluding hydrogens is 518 g/mol. The molecule has 0 spiro atoms. The van der Waals surface area contributed by atoms with Crippen molar-refractivity contribution in [1.29, 1.82) is 0 Å². The van der Waals surface area contributed by atoms with Gasteiger partial charge in [0.1, 0.15) is 6.10 Å². The minimum atomic E-state index is -1.70. The Bertz CT molecular complexity index is 1180. The van der Waals surface area contributed by atoms with E-state index in [1.807, 2.05) is 37.3 Å². The van der Waals surface area contributed by atoms with Crippen LogP contribution in [0.15, 0.2) is 60.7 Å². The van der Waals surface area contributed by atoms with Crippen molar-refractivity contribution in [3.8, 4) is 0 Å². The number of carbonyl (C=O) groups is 5. The van der Waals surface area contributed by atoms with Gasteiger partial charge in [-0.3, -0.25) is 24.0 Å². The van der Waals surface area contributed by atoms with Crippen LogP contribution in [0.5, 0.6) is 0 Å². The van der Waals surface area contributed by atoms with Crippen LogP contribution >= 0.6 is 0 Å². The molecule has 0 aliphatic heterocycles. The first kappa shape index (κ1) is 30.3. The molecule has 40 heavy (non-hydrogen) atoms. The topological polar surface area (TPSA) is 159 Å². The van der Waals surface area contributed by atoms with Crippen LogP contribution < -0.4 is 0 Å². The molecule has 1 amide bonds. The van der Waals surface area contributed by atoms with E-state index >= 15 is 0 Å². The number of esters is 1. The normalized spacial score (nSPS) is 21.4. The summed E-state index contributed by atoms with van der Waals surface area (Å²) in [6.07, 6.45) is 1.04. The van der Waals surface area contributed by atoms with Gasteiger partial charge in [0.2, 0.25) is 5.91 Å². The Morgan fingerprint density at radius 3 is 1.73 bits per heavy atom. The van der Waals surface area contributed by atoms with E-state index in [2.05, 4.69) is 0 Å². The van der Waals surface area contributed by atoms with Crippen LogP contribution in [0.1, 0.15) is 37.8 Å². The maximum Gasteiger partial charge on any atom is 0.308 e. The zero-order valence-electron chi connectivity index (χ0n) is 22.5. The van der Waals surface area contributed by atoms with Crippen LogP contribution in [0.4, 0.5) is 0 Å². The minimum absolute atomic E-state index is 0.0275. The monoisotopic (exact) mass is 553 g/mol. The number of ether oxygens (including phenoxy) is 1. The van der Waals surface area contributed by atoms with E-state index in [1.54, 1.807) is 30.3 Å². The molecule has 0 radical (unpaired) electrons. The van der Waals surface area contributed by atoms with Gasteiger partial charge >= 0.3 is 23.9 Å².